The number of benzene rings is 19. The van der Waals surface area contributed by atoms with Crippen LogP contribution in [0.15, 0.2) is 382 Å². The Bertz CT molecular complexity index is 9600. The van der Waals surface area contributed by atoms with Crippen LogP contribution in [-0.4, -0.2) is 26.6 Å². The van der Waals surface area contributed by atoms with E-state index >= 15 is 0 Å². The highest BCUT2D eigenvalue weighted by molar-refractivity contribution is 7.00. The molecule has 31 rings (SSSR count). The van der Waals surface area contributed by atoms with Crippen molar-refractivity contribution in [1.29, 1.82) is 0 Å². The van der Waals surface area contributed by atoms with E-state index in [-0.39, 0.29) is 45.9 Å². The first-order valence-corrected chi connectivity index (χ1v) is 52.4. The van der Waals surface area contributed by atoms with Crippen molar-refractivity contribution in [2.24, 2.45) is 0 Å². The average Bonchev–Trinajstić information content (AvgIpc) is 1.36. The predicted octanol–water partition coefficient (Wildman–Crippen LogP) is 33.9. The van der Waals surface area contributed by atoms with Gasteiger partial charge in [0, 0.05) is 86.5 Å². The van der Waals surface area contributed by atoms with Crippen molar-refractivity contribution in [3.63, 3.8) is 0 Å². The van der Waals surface area contributed by atoms with E-state index in [0.29, 0.717) is 0 Å². The predicted molar refractivity (Wildman–Crippen MR) is 626 cm³/mol. The minimum absolute atomic E-state index is 0.00182. The molecule has 1 aliphatic carbocycles. The first-order chi connectivity index (χ1) is 71.3. The molecule has 0 saturated heterocycles. The average molecular weight is 1920 g/mol. The molecule has 0 fully saturated rings. The van der Waals surface area contributed by atoms with Gasteiger partial charge in [-0.1, -0.05) is 398 Å². The molecule has 6 aliphatic rings. The van der Waals surface area contributed by atoms with Gasteiger partial charge >= 0.3 is 0 Å². The third kappa shape index (κ3) is 14.5. The Morgan fingerprint density at radius 1 is 0.176 bits per heavy atom. The molecule has 0 atom stereocenters. The minimum atomic E-state index is -0.0234. The van der Waals surface area contributed by atoms with E-state index in [9.17, 15) is 0 Å². The summed E-state index contributed by atoms with van der Waals surface area (Å²) in [6, 6.07) is 138. The highest BCUT2D eigenvalue weighted by Crippen LogP contribution is 2.53. The molecular weight excluding hydrogens is 1800 g/mol. The maximum Gasteiger partial charge on any atom is 0.270 e. The van der Waals surface area contributed by atoms with Crippen molar-refractivity contribution in [2.45, 2.75) is 157 Å². The molecule has 0 bridgehead atoms. The molecule has 148 heavy (non-hydrogen) atoms. The van der Waals surface area contributed by atoms with Gasteiger partial charge in [-0.2, -0.15) is 0 Å². The lowest BCUT2D eigenvalue weighted by atomic mass is 9.33. The van der Waals surface area contributed by atoms with E-state index in [1.807, 2.05) is 54.6 Å². The van der Waals surface area contributed by atoms with Gasteiger partial charge in [0.05, 0.1) is 49.7 Å². The van der Waals surface area contributed by atoms with Crippen LogP contribution in [-0.2, 0) is 32.5 Å². The Hall–Kier alpha value is -16.3. The number of nitrogens with zero attached hydrogens (tertiary/aromatic N) is 3. The van der Waals surface area contributed by atoms with Gasteiger partial charge in [-0.25, -0.2) is 0 Å². The Morgan fingerprint density at radius 3 is 0.926 bits per heavy atom. The highest BCUT2D eigenvalue weighted by atomic mass is 16.5. The van der Waals surface area contributed by atoms with E-state index in [2.05, 4.69) is 465 Å². The Kier molecular flexibility index (Phi) is 20.8. The number of para-hydroxylation sites is 8. The van der Waals surface area contributed by atoms with Crippen LogP contribution >= 0.6 is 0 Å². The van der Waals surface area contributed by atoms with Gasteiger partial charge in [-0.15, -0.1) is 0 Å². The fourth-order valence-corrected chi connectivity index (χ4v) is 24.6. The Labute approximate surface area is 866 Å². The molecule has 0 radical (unpaired) electrons. The number of ether oxygens (including phenoxy) is 5. The number of fused-ring (bicyclic) bond motifs is 30. The van der Waals surface area contributed by atoms with Gasteiger partial charge in [-0.05, 0) is 230 Å². The maximum atomic E-state index is 6.45. The molecule has 0 unspecified atom stereocenters. The van der Waals surface area contributed by atoms with Gasteiger partial charge in [0.1, 0.15) is 57.5 Å². The summed E-state index contributed by atoms with van der Waals surface area (Å²) in [6.45, 7) is 41.0. The first kappa shape index (κ1) is 91.6. The van der Waals surface area contributed by atoms with E-state index in [0.717, 1.165) is 79.3 Å². The molecule has 8 nitrogen and oxygen atoms in total. The topological polar surface area (TPSA) is 59.4 Å². The summed E-state index contributed by atoms with van der Waals surface area (Å²) < 4.78 is 38.8. The smallest absolute Gasteiger partial charge is 0.270 e. The summed E-state index contributed by atoms with van der Waals surface area (Å²) in [5.41, 5.74) is 37.8. The monoisotopic (exact) mass is 1920 g/mol. The zero-order valence-corrected chi connectivity index (χ0v) is 87.4. The van der Waals surface area contributed by atoms with Gasteiger partial charge in [0.25, 0.3) is 13.4 Å². The molecule has 0 saturated carbocycles. The standard InChI is InChI=1S/C28H24.C22H17BO3.C22H19BO2.3C22H19N/c1-28(2,3)19-16-17-26-24-14-7-6-12-22(24)20-10-4-5-11-21(20)23-13-8-9-15-25(23)27(26)18-19;1-22(2,3)12-10-11-17-20-21(12)26-16-9-5-8-15-19(16)23(20)18-13(24-15)6-4-7-14(18)25-17;1-22(2,3)14-12-13-19-20-21(14)25-18-11-7-5-9-16(18)23(20)15-8-4-6-10-17(15)24-19;1-22(2,3)14-12-17-15-8-4-6-10-19(15)23-20-11-7-5-9-16(20)18(13-14)21(17)23;1-22(2,3)17-13-12-15-14-8-4-6-10-18(14)23-19-11-7-5-9-16(19)20(17)21(15)23;1-22(2,3)14-11-12-20-18(13-14)17-9-6-8-16-15-7-4-5-10-19(15)23(20)21(16)17/h4-18H,1-3H3;4-11H,1-3H3;4-13H,1-3H3;3*4-13H,1-3H3. The molecule has 0 N–H and O–H groups in total. The second-order valence-electron chi connectivity index (χ2n) is 47.2. The van der Waals surface area contributed by atoms with Gasteiger partial charge < -0.3 is 36.9 Å². The van der Waals surface area contributed by atoms with Crippen LogP contribution in [0.1, 0.15) is 158 Å². The van der Waals surface area contributed by atoms with Gasteiger partial charge in [0.2, 0.25) is 0 Å². The Balaban J connectivity index is 0.0000000900. The summed E-state index contributed by atoms with van der Waals surface area (Å²) >= 11 is 0. The number of hydrogen-bond donors (Lipinski definition) is 0. The third-order valence-electron chi connectivity index (χ3n) is 31.7. The molecule has 5 aliphatic heterocycles. The Morgan fingerprint density at radius 2 is 0.466 bits per heavy atom. The minimum Gasteiger partial charge on any atom is -0.458 e. The lowest BCUT2D eigenvalue weighted by Gasteiger charge is -2.39. The van der Waals surface area contributed by atoms with Crippen LogP contribution in [0.25, 0.3) is 159 Å². The molecule has 11 heterocycles. The van der Waals surface area contributed by atoms with Crippen molar-refractivity contribution < 1.29 is 23.7 Å². The molecule has 6 aromatic heterocycles. The second kappa shape index (κ2) is 33.6. The molecular formula is C138H117B2N3O5. The van der Waals surface area contributed by atoms with Gasteiger partial charge in [-0.3, -0.25) is 0 Å². The summed E-state index contributed by atoms with van der Waals surface area (Å²) in [5.74, 6) is 9.06. The summed E-state index contributed by atoms with van der Waals surface area (Å²) in [6.07, 6.45) is 0. The van der Waals surface area contributed by atoms with Crippen molar-refractivity contribution in [1.82, 2.24) is 13.2 Å². The summed E-state index contributed by atoms with van der Waals surface area (Å²) in [7, 11) is 0. The molecule has 10 heteroatoms. The van der Waals surface area contributed by atoms with E-state index in [1.165, 1.54) is 203 Å². The van der Waals surface area contributed by atoms with Crippen LogP contribution in [0.4, 0.5) is 0 Å². The second-order valence-corrected chi connectivity index (χ2v) is 47.2. The zero-order valence-electron chi connectivity index (χ0n) is 87.4. The normalized spacial score (nSPS) is 13.3. The number of rotatable bonds is 0. The number of aromatic nitrogens is 3. The molecule has 19 aromatic carbocycles. The summed E-state index contributed by atoms with van der Waals surface area (Å²) in [5, 5.41) is 16.4. The first-order valence-electron chi connectivity index (χ1n) is 52.4. The van der Waals surface area contributed by atoms with Crippen LogP contribution in [0.5, 0.6) is 57.5 Å². The van der Waals surface area contributed by atoms with Crippen LogP contribution in [0.3, 0.4) is 0 Å². The van der Waals surface area contributed by atoms with Crippen molar-refractivity contribution in [3.05, 3.63) is 416 Å². The van der Waals surface area contributed by atoms with E-state index < -0.39 is 0 Å². The van der Waals surface area contributed by atoms with Gasteiger partial charge in [0.15, 0.2) is 0 Å². The SMILES string of the molecule is CC(C)(C)c1cc2c3ccccc3n3c4ccccc4c(c1)c23.CC(C)(C)c1ccc2c(c1)-c1ccccc1-c1ccccc1-c1ccccc1-2.CC(C)(C)c1ccc2c(c1)c1cccc3c4ccccc4n2c31.CC(C)(C)c1ccc2c3c1Oc1cccc4c1B3c1c(cccc1O2)O4.CC(C)(C)c1ccc2c3c1Oc1ccccc1B3c1ccccc1O2.CC(C)(C)c1ccc2c3ccccc3n3c4ccccc4c1c23. The van der Waals surface area contributed by atoms with Crippen LogP contribution < -0.4 is 56.5 Å². The maximum absolute atomic E-state index is 6.45. The highest BCUT2D eigenvalue weighted by Gasteiger charge is 2.49. The molecule has 0 spiro atoms. The van der Waals surface area contributed by atoms with E-state index in [1.54, 1.807) is 0 Å². The van der Waals surface area contributed by atoms with Crippen LogP contribution in [0.2, 0.25) is 0 Å². The lowest BCUT2D eigenvalue weighted by Crippen LogP contribution is -2.60. The van der Waals surface area contributed by atoms with Crippen LogP contribution in [0, 0.1) is 0 Å². The molecule has 720 valence electrons. The van der Waals surface area contributed by atoms with Crippen molar-refractivity contribution in [2.75, 3.05) is 0 Å². The van der Waals surface area contributed by atoms with Crippen molar-refractivity contribution in [3.8, 4) is 102 Å². The zero-order chi connectivity index (χ0) is 101. The molecule has 25 aromatic rings. The van der Waals surface area contributed by atoms with Crippen molar-refractivity contribution >= 4 is 160 Å². The fraction of sp³-hybridized carbons (Fsp3) is 0.174. The fourth-order valence-electron chi connectivity index (χ4n) is 24.6. The number of hydrogen-bond acceptors (Lipinski definition) is 5. The molecule has 0 amide bonds. The largest absolute Gasteiger partial charge is 0.458 e. The van der Waals surface area contributed by atoms with E-state index in [4.69, 9.17) is 23.7 Å². The lowest BCUT2D eigenvalue weighted by molar-refractivity contribution is 0.431. The third-order valence-corrected chi connectivity index (χ3v) is 31.7. The summed E-state index contributed by atoms with van der Waals surface area (Å²) in [4.78, 5) is 0. The quantitative estimate of drug-likeness (QED) is 0.142.